The van der Waals surface area contributed by atoms with Crippen molar-refractivity contribution in [2.45, 2.75) is 44.6 Å². The Morgan fingerprint density at radius 3 is 2.77 bits per heavy atom. The number of amides is 2. The van der Waals surface area contributed by atoms with E-state index in [1.807, 2.05) is 9.80 Å². The van der Waals surface area contributed by atoms with Crippen molar-refractivity contribution in [2.24, 2.45) is 17.3 Å². The Kier molecular flexibility index (Phi) is 5.54. The molecule has 3 saturated heterocycles. The minimum atomic E-state index is -0.497. The van der Waals surface area contributed by atoms with Gasteiger partial charge in [0.2, 0.25) is 11.8 Å². The lowest BCUT2D eigenvalue weighted by molar-refractivity contribution is -0.135. The molecule has 168 valence electrons. The second-order valence-electron chi connectivity index (χ2n) is 9.43. The van der Waals surface area contributed by atoms with E-state index in [9.17, 15) is 14.0 Å². The van der Waals surface area contributed by atoms with Crippen LogP contribution in [0.1, 0.15) is 38.5 Å². The highest BCUT2D eigenvalue weighted by Gasteiger charge is 2.52. The largest absolute Gasteiger partial charge is 0.463 e. The van der Waals surface area contributed by atoms with Crippen LogP contribution in [0.2, 0.25) is 0 Å². The van der Waals surface area contributed by atoms with E-state index in [-0.39, 0.29) is 35.2 Å². The number of fused-ring (bicyclic) bond motifs is 1. The van der Waals surface area contributed by atoms with Crippen LogP contribution < -0.4 is 4.74 Å². The second-order valence-corrected chi connectivity index (χ2v) is 9.43. The highest BCUT2D eigenvalue weighted by Crippen LogP contribution is 2.49. The van der Waals surface area contributed by atoms with Gasteiger partial charge in [-0.3, -0.25) is 9.59 Å². The third-order valence-corrected chi connectivity index (χ3v) is 7.58. The molecular formula is C22H29FN4O4. The van der Waals surface area contributed by atoms with Gasteiger partial charge in [0.05, 0.1) is 24.9 Å². The summed E-state index contributed by atoms with van der Waals surface area (Å²) in [5, 5.41) is 0. The quantitative estimate of drug-likeness (QED) is 0.704. The van der Waals surface area contributed by atoms with Crippen molar-refractivity contribution in [1.29, 1.82) is 0 Å². The van der Waals surface area contributed by atoms with Crippen molar-refractivity contribution < 1.29 is 23.5 Å². The molecule has 0 aromatic carbocycles. The van der Waals surface area contributed by atoms with Gasteiger partial charge in [0.25, 0.3) is 0 Å². The molecule has 0 spiro atoms. The summed E-state index contributed by atoms with van der Waals surface area (Å²) in [7, 11) is 0. The fraction of sp³-hybridized carbons (Fsp3) is 0.727. The zero-order valence-corrected chi connectivity index (χ0v) is 17.7. The summed E-state index contributed by atoms with van der Waals surface area (Å²) in [6.45, 7) is 3.66. The lowest BCUT2D eigenvalue weighted by atomic mass is 9.82. The van der Waals surface area contributed by atoms with E-state index in [0.717, 1.165) is 44.5 Å². The van der Waals surface area contributed by atoms with Crippen LogP contribution in [0.4, 0.5) is 4.39 Å². The van der Waals surface area contributed by atoms with E-state index >= 15 is 0 Å². The molecule has 1 aromatic heterocycles. The van der Waals surface area contributed by atoms with E-state index in [1.165, 1.54) is 0 Å². The smallest absolute Gasteiger partial charge is 0.316 e. The standard InChI is InChI=1S/C22H29FN4O4/c23-17-9-24-21(25-10-17)31-14-22-5-1-2-16(22)12-26(13-22)20(29)15-8-19(28)27(11-15)18-3-6-30-7-4-18/h9-10,15-16,18H,1-8,11-14H2. The average Bonchev–Trinajstić information content (AvgIpc) is 3.46. The lowest BCUT2D eigenvalue weighted by Gasteiger charge is -2.31. The summed E-state index contributed by atoms with van der Waals surface area (Å²) in [4.78, 5) is 37.6. The van der Waals surface area contributed by atoms with E-state index in [0.29, 0.717) is 51.8 Å². The minimum absolute atomic E-state index is 0.0923. The van der Waals surface area contributed by atoms with E-state index in [2.05, 4.69) is 9.97 Å². The van der Waals surface area contributed by atoms with Gasteiger partial charge < -0.3 is 19.3 Å². The number of likely N-dealkylation sites (tertiary alicyclic amines) is 2. The Morgan fingerprint density at radius 2 is 2.00 bits per heavy atom. The second kappa shape index (κ2) is 8.33. The number of hydrogen-bond acceptors (Lipinski definition) is 6. The molecule has 1 saturated carbocycles. The summed E-state index contributed by atoms with van der Waals surface area (Å²) in [5.74, 6) is -0.193. The molecule has 1 aliphatic carbocycles. The lowest BCUT2D eigenvalue weighted by Crippen LogP contribution is -2.42. The molecule has 5 rings (SSSR count). The minimum Gasteiger partial charge on any atom is -0.463 e. The fourth-order valence-electron chi connectivity index (χ4n) is 5.91. The van der Waals surface area contributed by atoms with Crippen LogP contribution in [0.25, 0.3) is 0 Å². The highest BCUT2D eigenvalue weighted by molar-refractivity contribution is 5.89. The maximum atomic E-state index is 13.3. The predicted octanol–water partition coefficient (Wildman–Crippen LogP) is 1.65. The van der Waals surface area contributed by atoms with Crippen molar-refractivity contribution in [2.75, 3.05) is 39.5 Å². The van der Waals surface area contributed by atoms with Gasteiger partial charge in [0.15, 0.2) is 5.82 Å². The first-order valence-electron chi connectivity index (χ1n) is 11.3. The molecule has 2 amide bonds. The van der Waals surface area contributed by atoms with Crippen molar-refractivity contribution in [3.8, 4) is 6.01 Å². The van der Waals surface area contributed by atoms with Crippen molar-refractivity contribution in [3.63, 3.8) is 0 Å². The van der Waals surface area contributed by atoms with Crippen LogP contribution in [0.3, 0.4) is 0 Å². The molecule has 0 N–H and O–H groups in total. The number of rotatable bonds is 5. The maximum absolute atomic E-state index is 13.3. The van der Waals surface area contributed by atoms with Crippen LogP contribution in [0.15, 0.2) is 12.4 Å². The third kappa shape index (κ3) is 4.00. The molecule has 0 bridgehead atoms. The molecule has 31 heavy (non-hydrogen) atoms. The molecule has 3 atom stereocenters. The van der Waals surface area contributed by atoms with Gasteiger partial charge in [-0.2, -0.15) is 0 Å². The number of aromatic nitrogens is 2. The number of carbonyl (C=O) groups excluding carboxylic acids is 2. The summed E-state index contributed by atoms with van der Waals surface area (Å²) in [6, 6.07) is 0.368. The normalized spacial score (nSPS) is 31.3. The maximum Gasteiger partial charge on any atom is 0.316 e. The third-order valence-electron chi connectivity index (χ3n) is 7.58. The van der Waals surface area contributed by atoms with Crippen molar-refractivity contribution in [1.82, 2.24) is 19.8 Å². The molecular weight excluding hydrogens is 403 g/mol. The van der Waals surface area contributed by atoms with Crippen LogP contribution in [-0.2, 0) is 14.3 Å². The van der Waals surface area contributed by atoms with Crippen molar-refractivity contribution >= 4 is 11.8 Å². The van der Waals surface area contributed by atoms with E-state index in [1.54, 1.807) is 0 Å². The Labute approximate surface area is 181 Å². The number of halogens is 1. The zero-order valence-electron chi connectivity index (χ0n) is 17.7. The van der Waals surface area contributed by atoms with Gasteiger partial charge in [-0.05, 0) is 31.6 Å². The summed E-state index contributed by atoms with van der Waals surface area (Å²) >= 11 is 0. The van der Waals surface area contributed by atoms with Gasteiger partial charge in [-0.1, -0.05) is 6.42 Å². The first-order valence-corrected chi connectivity index (χ1v) is 11.3. The van der Waals surface area contributed by atoms with E-state index in [4.69, 9.17) is 9.47 Å². The van der Waals surface area contributed by atoms with Gasteiger partial charge in [-0.15, -0.1) is 0 Å². The summed E-state index contributed by atoms with van der Waals surface area (Å²) < 4.78 is 24.3. The number of ether oxygens (including phenoxy) is 2. The zero-order chi connectivity index (χ0) is 21.4. The van der Waals surface area contributed by atoms with Crippen LogP contribution in [-0.4, -0.2) is 77.1 Å². The first-order chi connectivity index (χ1) is 15.0. The number of carbonyl (C=O) groups is 2. The first kappa shape index (κ1) is 20.6. The molecule has 3 unspecified atom stereocenters. The summed E-state index contributed by atoms with van der Waals surface area (Å²) in [6.07, 6.45) is 7.37. The molecule has 1 aromatic rings. The molecule has 0 radical (unpaired) electrons. The highest BCUT2D eigenvalue weighted by atomic mass is 19.1. The van der Waals surface area contributed by atoms with Crippen LogP contribution in [0.5, 0.6) is 6.01 Å². The fourth-order valence-corrected chi connectivity index (χ4v) is 5.91. The molecule has 4 fully saturated rings. The Morgan fingerprint density at radius 1 is 1.23 bits per heavy atom. The topological polar surface area (TPSA) is 84.9 Å². The van der Waals surface area contributed by atoms with Gasteiger partial charge in [-0.25, -0.2) is 14.4 Å². The molecule has 4 aliphatic rings. The van der Waals surface area contributed by atoms with Gasteiger partial charge in [0, 0.05) is 50.7 Å². The van der Waals surface area contributed by atoms with Crippen molar-refractivity contribution in [3.05, 3.63) is 18.2 Å². The Hall–Kier alpha value is -2.29. The molecule has 8 nitrogen and oxygen atoms in total. The van der Waals surface area contributed by atoms with Crippen LogP contribution in [0, 0.1) is 23.1 Å². The average molecular weight is 432 g/mol. The summed E-state index contributed by atoms with van der Waals surface area (Å²) in [5.41, 5.74) is -0.115. The molecule has 9 heteroatoms. The molecule has 3 aliphatic heterocycles. The SMILES string of the molecule is O=C(C1CC(=O)N(C2CCOCC2)C1)N1CC2CCCC2(COc2ncc(F)cn2)C1. The predicted molar refractivity (Wildman–Crippen MR) is 108 cm³/mol. The monoisotopic (exact) mass is 432 g/mol. The number of hydrogen-bond donors (Lipinski definition) is 0. The van der Waals surface area contributed by atoms with E-state index < -0.39 is 5.82 Å². The Balaban J connectivity index is 1.22. The van der Waals surface area contributed by atoms with Crippen LogP contribution >= 0.6 is 0 Å². The van der Waals surface area contributed by atoms with Gasteiger partial charge >= 0.3 is 6.01 Å². The number of nitrogens with zero attached hydrogens (tertiary/aromatic N) is 4. The molecule has 4 heterocycles. The Bertz CT molecular complexity index is 831. The van der Waals surface area contributed by atoms with Gasteiger partial charge in [0.1, 0.15) is 0 Å².